The molecule has 1 aliphatic carbocycles. The molecule has 0 spiro atoms. The molecule has 37 heavy (non-hydrogen) atoms. The zero-order valence-corrected chi connectivity index (χ0v) is 22.7. The molecule has 2 aliphatic rings. The topological polar surface area (TPSA) is 126 Å². The predicted octanol–water partition coefficient (Wildman–Crippen LogP) is 3.25. The molecule has 1 atom stereocenters. The molecular weight excluding hydrogens is 492 g/mol. The van der Waals surface area contributed by atoms with Gasteiger partial charge in [0.05, 0.1) is 18.6 Å². The number of fused-ring (bicyclic) bond motifs is 1. The third kappa shape index (κ3) is 6.10. The van der Waals surface area contributed by atoms with Crippen LogP contribution in [0, 0.1) is 5.92 Å². The number of anilines is 2. The summed E-state index contributed by atoms with van der Waals surface area (Å²) in [6.07, 6.45) is 12.6. The minimum atomic E-state index is -3.14. The van der Waals surface area contributed by atoms with Crippen molar-refractivity contribution < 1.29 is 17.9 Å². The van der Waals surface area contributed by atoms with E-state index in [1.54, 1.807) is 13.1 Å². The lowest BCUT2D eigenvalue weighted by Gasteiger charge is -2.30. The Morgan fingerprint density at radius 1 is 1.24 bits per heavy atom. The molecule has 0 aromatic carbocycles. The first kappa shape index (κ1) is 27.0. The Kier molecular flexibility index (Phi) is 8.13. The van der Waals surface area contributed by atoms with Crippen LogP contribution >= 0.6 is 0 Å². The SMILES string of the molecule is CCOC(=O)[C@@]1(c2cc3cnc(NCC4CCN(S(C)(=O)=O)CC4)nc3c(NC(C)C)n2)C=CC=CC1. The van der Waals surface area contributed by atoms with Crippen LogP contribution in [0.4, 0.5) is 11.8 Å². The minimum Gasteiger partial charge on any atom is -0.465 e. The van der Waals surface area contributed by atoms with Gasteiger partial charge in [0.15, 0.2) is 5.82 Å². The first-order chi connectivity index (χ1) is 17.6. The smallest absolute Gasteiger partial charge is 0.322 e. The maximum atomic E-state index is 13.1. The molecule has 2 N–H and O–H groups in total. The summed E-state index contributed by atoms with van der Waals surface area (Å²) in [6.45, 7) is 7.85. The summed E-state index contributed by atoms with van der Waals surface area (Å²) < 4.78 is 30.5. The number of esters is 1. The highest BCUT2D eigenvalue weighted by atomic mass is 32.2. The van der Waals surface area contributed by atoms with Crippen molar-refractivity contribution in [3.63, 3.8) is 0 Å². The van der Waals surface area contributed by atoms with Crippen LogP contribution in [0.3, 0.4) is 0 Å². The maximum Gasteiger partial charge on any atom is 0.322 e. The van der Waals surface area contributed by atoms with Gasteiger partial charge in [0.1, 0.15) is 10.9 Å². The molecule has 2 aromatic heterocycles. The fraction of sp³-hybridized carbons (Fsp3) is 0.538. The number of pyridine rings is 1. The largest absolute Gasteiger partial charge is 0.465 e. The van der Waals surface area contributed by atoms with Crippen molar-refractivity contribution in [3.05, 3.63) is 42.3 Å². The number of sulfonamides is 1. The Bertz CT molecular complexity index is 1300. The highest BCUT2D eigenvalue weighted by Gasteiger charge is 2.41. The van der Waals surface area contributed by atoms with E-state index in [1.807, 2.05) is 44.2 Å². The van der Waals surface area contributed by atoms with Crippen molar-refractivity contribution in [1.29, 1.82) is 0 Å². The summed E-state index contributed by atoms with van der Waals surface area (Å²) in [7, 11) is -3.14. The molecule has 11 heteroatoms. The number of carbonyl (C=O) groups is 1. The van der Waals surface area contributed by atoms with Crippen molar-refractivity contribution in [1.82, 2.24) is 19.3 Å². The maximum absolute atomic E-state index is 13.1. The second-order valence-corrected chi connectivity index (χ2v) is 11.9. The van der Waals surface area contributed by atoms with Gasteiger partial charge in [-0.1, -0.05) is 24.3 Å². The minimum absolute atomic E-state index is 0.0951. The number of aromatic nitrogens is 3. The summed E-state index contributed by atoms with van der Waals surface area (Å²) in [4.78, 5) is 27.3. The third-order valence-electron chi connectivity index (χ3n) is 6.75. The monoisotopic (exact) mass is 528 g/mol. The highest BCUT2D eigenvalue weighted by Crippen LogP contribution is 2.36. The second-order valence-electron chi connectivity index (χ2n) is 9.96. The average molecular weight is 529 g/mol. The standard InChI is InChI=1S/C26H36N6O4S/c1-5-36-24(33)26(11-7-6-8-12-26)21-15-20-17-28-25(31-22(20)23(30-21)29-18(2)3)27-16-19-9-13-32(14-10-19)37(4,34)35/h6-8,11,15,17-19H,5,9-10,12-14,16H2,1-4H3,(H,29,30)(H,27,28,31)/t26-/m0/s1. The molecule has 10 nitrogen and oxygen atoms in total. The van der Waals surface area contributed by atoms with Crippen LogP contribution in [0.5, 0.6) is 0 Å². The Balaban J connectivity index is 1.60. The van der Waals surface area contributed by atoms with Gasteiger partial charge in [0.25, 0.3) is 0 Å². The van der Waals surface area contributed by atoms with E-state index in [0.29, 0.717) is 54.9 Å². The summed E-state index contributed by atoms with van der Waals surface area (Å²) in [5.41, 5.74) is 0.241. The van der Waals surface area contributed by atoms with Crippen LogP contribution in [-0.2, 0) is 25.0 Å². The van der Waals surface area contributed by atoms with Crippen LogP contribution < -0.4 is 10.6 Å². The van der Waals surface area contributed by atoms with E-state index in [-0.39, 0.29) is 18.6 Å². The molecule has 0 saturated carbocycles. The number of carbonyl (C=O) groups excluding carboxylic acids is 1. The number of hydrogen-bond acceptors (Lipinski definition) is 9. The summed E-state index contributed by atoms with van der Waals surface area (Å²) in [5.74, 6) is 1.07. The quantitative estimate of drug-likeness (QED) is 0.472. The van der Waals surface area contributed by atoms with Crippen LogP contribution in [-0.4, -0.2) is 72.2 Å². The highest BCUT2D eigenvalue weighted by molar-refractivity contribution is 7.88. The van der Waals surface area contributed by atoms with Gasteiger partial charge in [-0.25, -0.2) is 27.7 Å². The first-order valence-electron chi connectivity index (χ1n) is 12.8. The molecule has 200 valence electrons. The number of ether oxygens (including phenoxy) is 1. The molecule has 0 amide bonds. The number of hydrogen-bond donors (Lipinski definition) is 2. The zero-order chi connectivity index (χ0) is 26.6. The molecule has 0 bridgehead atoms. The van der Waals surface area contributed by atoms with Gasteiger partial charge in [-0.15, -0.1) is 0 Å². The summed E-state index contributed by atoms with van der Waals surface area (Å²) in [5, 5.41) is 7.47. The Morgan fingerprint density at radius 3 is 2.62 bits per heavy atom. The second kappa shape index (κ2) is 11.1. The number of nitrogens with one attached hydrogen (secondary N) is 2. The van der Waals surface area contributed by atoms with Crippen molar-refractivity contribution in [3.8, 4) is 0 Å². The molecule has 0 unspecified atom stereocenters. The van der Waals surface area contributed by atoms with Gasteiger partial charge >= 0.3 is 5.97 Å². The van der Waals surface area contributed by atoms with E-state index in [9.17, 15) is 13.2 Å². The number of piperidine rings is 1. The van der Waals surface area contributed by atoms with Crippen molar-refractivity contribution >= 4 is 38.7 Å². The predicted molar refractivity (Wildman–Crippen MR) is 145 cm³/mol. The van der Waals surface area contributed by atoms with Crippen LogP contribution in [0.2, 0.25) is 0 Å². The Hall–Kier alpha value is -3.05. The molecule has 1 fully saturated rings. The van der Waals surface area contributed by atoms with Gasteiger partial charge in [-0.3, -0.25) is 4.79 Å². The average Bonchev–Trinajstić information content (AvgIpc) is 2.87. The lowest BCUT2D eigenvalue weighted by molar-refractivity contribution is -0.148. The van der Waals surface area contributed by atoms with E-state index in [0.717, 1.165) is 18.2 Å². The van der Waals surface area contributed by atoms with Gasteiger partial charge in [-0.2, -0.15) is 0 Å². The van der Waals surface area contributed by atoms with Gasteiger partial charge in [0, 0.05) is 37.3 Å². The molecule has 4 rings (SSSR count). The molecular formula is C26H36N6O4S. The van der Waals surface area contributed by atoms with Gasteiger partial charge < -0.3 is 15.4 Å². The molecule has 1 saturated heterocycles. The molecule has 3 heterocycles. The van der Waals surface area contributed by atoms with E-state index in [1.165, 1.54) is 10.6 Å². The number of rotatable bonds is 9. The lowest BCUT2D eigenvalue weighted by atomic mass is 9.78. The van der Waals surface area contributed by atoms with Crippen LogP contribution in [0.25, 0.3) is 10.9 Å². The van der Waals surface area contributed by atoms with E-state index in [2.05, 4.69) is 15.6 Å². The summed E-state index contributed by atoms with van der Waals surface area (Å²) >= 11 is 0. The molecule has 2 aromatic rings. The Morgan fingerprint density at radius 2 is 2.00 bits per heavy atom. The molecule has 0 radical (unpaired) electrons. The van der Waals surface area contributed by atoms with E-state index < -0.39 is 15.4 Å². The van der Waals surface area contributed by atoms with Crippen molar-refractivity contribution in [2.45, 2.75) is 51.5 Å². The van der Waals surface area contributed by atoms with Gasteiger partial charge in [0.2, 0.25) is 16.0 Å². The van der Waals surface area contributed by atoms with E-state index in [4.69, 9.17) is 14.7 Å². The fourth-order valence-electron chi connectivity index (χ4n) is 4.73. The zero-order valence-electron chi connectivity index (χ0n) is 21.9. The van der Waals surface area contributed by atoms with E-state index >= 15 is 0 Å². The van der Waals surface area contributed by atoms with Crippen molar-refractivity contribution in [2.75, 3.05) is 43.1 Å². The number of nitrogens with zero attached hydrogens (tertiary/aromatic N) is 4. The van der Waals surface area contributed by atoms with Crippen LogP contribution in [0.1, 0.15) is 45.7 Å². The Labute approximate surface area is 218 Å². The molecule has 1 aliphatic heterocycles. The fourth-order valence-corrected chi connectivity index (χ4v) is 5.61. The number of allylic oxidation sites excluding steroid dienone is 3. The first-order valence-corrected chi connectivity index (χ1v) is 14.6. The lowest BCUT2D eigenvalue weighted by Crippen LogP contribution is -2.39. The summed E-state index contributed by atoms with van der Waals surface area (Å²) in [6, 6.07) is 1.96. The van der Waals surface area contributed by atoms with Crippen molar-refractivity contribution in [2.24, 2.45) is 5.92 Å². The third-order valence-corrected chi connectivity index (χ3v) is 8.05. The van der Waals surface area contributed by atoms with Crippen LogP contribution in [0.15, 0.2) is 36.6 Å². The normalized spacial score (nSPS) is 20.9. The van der Waals surface area contributed by atoms with Gasteiger partial charge in [-0.05, 0) is 52.0 Å².